The van der Waals surface area contributed by atoms with Crippen LogP contribution in [0, 0.1) is 13.8 Å². The fourth-order valence-electron chi connectivity index (χ4n) is 3.56. The van der Waals surface area contributed by atoms with Crippen LogP contribution in [0.15, 0.2) is 34.9 Å². The summed E-state index contributed by atoms with van der Waals surface area (Å²) in [7, 11) is 0. The topological polar surface area (TPSA) is 49.6 Å². The number of benzene rings is 1. The summed E-state index contributed by atoms with van der Waals surface area (Å²) in [5, 5.41) is 4.07. The lowest BCUT2D eigenvalue weighted by molar-refractivity contribution is -0.119. The Kier molecular flexibility index (Phi) is 3.04. The molecule has 0 spiro atoms. The van der Waals surface area contributed by atoms with E-state index in [1.807, 2.05) is 13.0 Å². The summed E-state index contributed by atoms with van der Waals surface area (Å²) < 4.78 is 5.19. The van der Waals surface area contributed by atoms with Crippen molar-refractivity contribution >= 4 is 11.7 Å². The lowest BCUT2D eigenvalue weighted by Gasteiger charge is -2.28. The zero-order valence-corrected chi connectivity index (χ0v) is 12.8. The number of fused-ring (bicyclic) bond motifs is 1. The van der Waals surface area contributed by atoms with Crippen molar-refractivity contribution in [3.8, 4) is 0 Å². The van der Waals surface area contributed by atoms with Crippen molar-refractivity contribution in [1.29, 1.82) is 0 Å². The molecule has 4 rings (SSSR count). The van der Waals surface area contributed by atoms with Gasteiger partial charge in [-0.3, -0.25) is 14.6 Å². The molecule has 1 aromatic heterocycles. The second-order valence-electron chi connectivity index (χ2n) is 6.18. The molecule has 114 valence electrons. The molecule has 5 heteroatoms. The molecular formula is C17H19N3O2. The molecule has 0 N–H and O–H groups in total. The summed E-state index contributed by atoms with van der Waals surface area (Å²) in [5.74, 6) is 1.47. The minimum atomic E-state index is -0.0786. The summed E-state index contributed by atoms with van der Waals surface area (Å²) in [6, 6.07) is 10.2. The predicted octanol–water partition coefficient (Wildman–Crippen LogP) is 2.80. The predicted molar refractivity (Wildman–Crippen MR) is 82.4 cm³/mol. The maximum absolute atomic E-state index is 12.8. The van der Waals surface area contributed by atoms with E-state index in [0.29, 0.717) is 5.82 Å². The average molecular weight is 297 g/mol. The Morgan fingerprint density at radius 1 is 1.23 bits per heavy atom. The molecule has 2 aliphatic rings. The standard InChI is InChI=1S/C17H19N3O2/c1-11-5-7-13(8-6-11)16-19-9-3-4-14(19)17(21)20(16)15-10-12(2)22-18-15/h5-8,10,14,16H,3-4,9H2,1-2H3/t14-,16+/m0/s1. The van der Waals surface area contributed by atoms with E-state index in [0.717, 1.165) is 30.7 Å². The molecule has 2 fully saturated rings. The molecule has 2 aromatic rings. The normalized spacial score (nSPS) is 25.0. The van der Waals surface area contributed by atoms with Crippen LogP contribution in [0.3, 0.4) is 0 Å². The molecule has 0 saturated carbocycles. The second-order valence-corrected chi connectivity index (χ2v) is 6.18. The van der Waals surface area contributed by atoms with E-state index in [2.05, 4.69) is 41.2 Å². The molecule has 2 saturated heterocycles. The van der Waals surface area contributed by atoms with Gasteiger partial charge in [0.15, 0.2) is 5.82 Å². The van der Waals surface area contributed by atoms with Crippen LogP contribution in [0.1, 0.15) is 35.9 Å². The molecule has 1 amide bonds. The van der Waals surface area contributed by atoms with Gasteiger partial charge in [-0.25, -0.2) is 0 Å². The number of aryl methyl sites for hydroxylation is 2. The molecule has 3 heterocycles. The summed E-state index contributed by atoms with van der Waals surface area (Å²) in [5.41, 5.74) is 2.35. The Labute approximate surface area is 129 Å². The number of hydrogen-bond donors (Lipinski definition) is 0. The van der Waals surface area contributed by atoms with Crippen molar-refractivity contribution in [3.63, 3.8) is 0 Å². The van der Waals surface area contributed by atoms with Crippen LogP contribution >= 0.6 is 0 Å². The van der Waals surface area contributed by atoms with Gasteiger partial charge in [0.2, 0.25) is 5.91 Å². The van der Waals surface area contributed by atoms with Crippen LogP contribution in [-0.2, 0) is 4.79 Å². The van der Waals surface area contributed by atoms with Crippen molar-refractivity contribution in [2.45, 2.75) is 38.9 Å². The Hall–Kier alpha value is -2.14. The monoisotopic (exact) mass is 297 g/mol. The maximum Gasteiger partial charge on any atom is 0.247 e. The van der Waals surface area contributed by atoms with Crippen molar-refractivity contribution in [2.75, 3.05) is 11.4 Å². The van der Waals surface area contributed by atoms with Crippen molar-refractivity contribution < 1.29 is 9.32 Å². The molecule has 0 unspecified atom stereocenters. The highest BCUT2D eigenvalue weighted by Gasteiger charge is 2.50. The fraction of sp³-hybridized carbons (Fsp3) is 0.412. The molecule has 5 nitrogen and oxygen atoms in total. The SMILES string of the molecule is Cc1ccc([C@H]2N(c3cc(C)on3)C(=O)[C@@H]3CCCN32)cc1. The maximum atomic E-state index is 12.8. The Morgan fingerprint density at radius 3 is 2.68 bits per heavy atom. The summed E-state index contributed by atoms with van der Waals surface area (Å²) in [6.45, 7) is 4.86. The number of hydrogen-bond acceptors (Lipinski definition) is 4. The quantitative estimate of drug-likeness (QED) is 0.855. The highest BCUT2D eigenvalue weighted by atomic mass is 16.5. The largest absolute Gasteiger partial charge is 0.360 e. The van der Waals surface area contributed by atoms with Gasteiger partial charge in [0.05, 0.1) is 6.04 Å². The summed E-state index contributed by atoms with van der Waals surface area (Å²) in [4.78, 5) is 16.9. The third-order valence-corrected chi connectivity index (χ3v) is 4.61. The lowest BCUT2D eigenvalue weighted by Crippen LogP contribution is -2.32. The Morgan fingerprint density at radius 2 is 2.00 bits per heavy atom. The molecule has 2 atom stereocenters. The van der Waals surface area contributed by atoms with E-state index in [1.165, 1.54) is 5.56 Å². The van der Waals surface area contributed by atoms with Gasteiger partial charge in [0.1, 0.15) is 11.9 Å². The van der Waals surface area contributed by atoms with Gasteiger partial charge in [0.25, 0.3) is 0 Å². The average Bonchev–Trinajstić information content (AvgIpc) is 3.18. The third-order valence-electron chi connectivity index (χ3n) is 4.61. The first-order valence-corrected chi connectivity index (χ1v) is 7.74. The van der Waals surface area contributed by atoms with Gasteiger partial charge in [-0.2, -0.15) is 0 Å². The fourth-order valence-corrected chi connectivity index (χ4v) is 3.56. The van der Waals surface area contributed by atoms with Gasteiger partial charge in [-0.15, -0.1) is 0 Å². The Balaban J connectivity index is 1.80. The van der Waals surface area contributed by atoms with Crippen LogP contribution in [0.5, 0.6) is 0 Å². The van der Waals surface area contributed by atoms with Gasteiger partial charge in [-0.05, 0) is 32.3 Å². The van der Waals surface area contributed by atoms with Crippen LogP contribution < -0.4 is 4.90 Å². The number of anilines is 1. The first-order valence-electron chi connectivity index (χ1n) is 7.74. The van der Waals surface area contributed by atoms with E-state index in [9.17, 15) is 4.79 Å². The van der Waals surface area contributed by atoms with E-state index >= 15 is 0 Å². The van der Waals surface area contributed by atoms with Gasteiger partial charge in [-0.1, -0.05) is 35.0 Å². The zero-order chi connectivity index (χ0) is 15.3. The number of aromatic nitrogens is 1. The zero-order valence-electron chi connectivity index (χ0n) is 12.8. The minimum absolute atomic E-state index is 0.0247. The smallest absolute Gasteiger partial charge is 0.247 e. The Bertz CT molecular complexity index is 707. The van der Waals surface area contributed by atoms with E-state index < -0.39 is 0 Å². The van der Waals surface area contributed by atoms with E-state index in [4.69, 9.17) is 4.52 Å². The number of carbonyl (C=O) groups is 1. The molecule has 0 radical (unpaired) electrons. The lowest BCUT2D eigenvalue weighted by atomic mass is 10.1. The van der Waals surface area contributed by atoms with Crippen LogP contribution in [0.25, 0.3) is 0 Å². The molecule has 1 aromatic carbocycles. The number of amides is 1. The molecule has 0 aliphatic carbocycles. The summed E-state index contributed by atoms with van der Waals surface area (Å²) >= 11 is 0. The van der Waals surface area contributed by atoms with Crippen molar-refractivity contribution in [2.24, 2.45) is 0 Å². The minimum Gasteiger partial charge on any atom is -0.360 e. The van der Waals surface area contributed by atoms with Gasteiger partial charge in [0, 0.05) is 12.6 Å². The highest BCUT2D eigenvalue weighted by molar-refractivity contribution is 5.99. The summed E-state index contributed by atoms with van der Waals surface area (Å²) in [6.07, 6.45) is 1.92. The molecule has 0 bridgehead atoms. The first-order chi connectivity index (χ1) is 10.6. The van der Waals surface area contributed by atoms with Crippen LogP contribution in [0.2, 0.25) is 0 Å². The van der Waals surface area contributed by atoms with E-state index in [-0.39, 0.29) is 18.1 Å². The number of rotatable bonds is 2. The van der Waals surface area contributed by atoms with Crippen molar-refractivity contribution in [3.05, 3.63) is 47.2 Å². The number of nitrogens with zero attached hydrogens (tertiary/aromatic N) is 3. The number of carbonyl (C=O) groups excluding carboxylic acids is 1. The van der Waals surface area contributed by atoms with Crippen molar-refractivity contribution in [1.82, 2.24) is 10.1 Å². The molecule has 2 aliphatic heterocycles. The van der Waals surface area contributed by atoms with E-state index in [1.54, 1.807) is 4.90 Å². The van der Waals surface area contributed by atoms with Crippen LogP contribution in [-0.4, -0.2) is 28.6 Å². The van der Waals surface area contributed by atoms with Gasteiger partial charge < -0.3 is 4.52 Å². The third kappa shape index (κ3) is 1.96. The molecular weight excluding hydrogens is 278 g/mol. The van der Waals surface area contributed by atoms with Crippen LogP contribution in [0.4, 0.5) is 5.82 Å². The second kappa shape index (κ2) is 4.95. The first kappa shape index (κ1) is 13.5. The highest BCUT2D eigenvalue weighted by Crippen LogP contribution is 2.42. The molecule has 22 heavy (non-hydrogen) atoms. The van der Waals surface area contributed by atoms with Gasteiger partial charge >= 0.3 is 0 Å².